The monoisotopic (exact) mass is 683 g/mol. The third kappa shape index (κ3) is 6.56. The van der Waals surface area contributed by atoms with Crippen molar-refractivity contribution in [3.8, 4) is 11.5 Å². The number of carbonyl (C=O) groups is 1. The van der Waals surface area contributed by atoms with Crippen molar-refractivity contribution in [2.45, 2.75) is 91.0 Å². The van der Waals surface area contributed by atoms with Crippen LogP contribution >= 0.6 is 15.9 Å². The molecule has 1 aliphatic heterocycles. The Morgan fingerprint density at radius 2 is 1.56 bits per heavy atom. The van der Waals surface area contributed by atoms with Gasteiger partial charge in [0.2, 0.25) is 5.91 Å². The second-order valence-electron chi connectivity index (χ2n) is 14.6. The lowest BCUT2D eigenvalue weighted by molar-refractivity contribution is -0.122. The minimum atomic E-state index is -1.26. The molecule has 0 saturated carbocycles. The molecule has 1 amide bonds. The predicted molar refractivity (Wildman–Crippen MR) is 185 cm³/mol. The fourth-order valence-corrected chi connectivity index (χ4v) is 7.42. The number of hydrogen-bond donors (Lipinski definition) is 0. The molecule has 43 heavy (non-hydrogen) atoms. The average molecular weight is 685 g/mol. The lowest BCUT2D eigenvalue weighted by atomic mass is 9.86. The number of fused-ring (bicyclic) bond motifs is 3. The molecule has 11 heteroatoms. The Balaban J connectivity index is 1.62. The van der Waals surface area contributed by atoms with Crippen LogP contribution in [0.15, 0.2) is 34.8 Å². The zero-order chi connectivity index (χ0) is 31.3. The van der Waals surface area contributed by atoms with Crippen molar-refractivity contribution in [2.75, 3.05) is 24.7 Å². The van der Waals surface area contributed by atoms with Gasteiger partial charge in [0.25, 0.3) is 0 Å². The number of benzene rings is 2. The Bertz CT molecular complexity index is 1670. The van der Waals surface area contributed by atoms with E-state index in [2.05, 4.69) is 84.0 Å². The number of imidazole rings is 1. The molecule has 2 aromatic heterocycles. The maximum atomic E-state index is 13.3. The van der Waals surface area contributed by atoms with Crippen molar-refractivity contribution in [3.63, 3.8) is 0 Å². The van der Waals surface area contributed by atoms with Gasteiger partial charge in [-0.15, -0.1) is 0 Å². The van der Waals surface area contributed by atoms with E-state index in [1.165, 1.54) is 0 Å². The molecule has 0 fully saturated rings. The minimum Gasteiger partial charge on any atom is -0.361 e. The summed E-state index contributed by atoms with van der Waals surface area (Å²) < 4.78 is 17.5. The topological polar surface area (TPSA) is 74.4 Å². The number of rotatable bonds is 12. The van der Waals surface area contributed by atoms with Gasteiger partial charge in [0.05, 0.1) is 27.7 Å². The van der Waals surface area contributed by atoms with Crippen molar-refractivity contribution in [1.29, 1.82) is 0 Å². The molecule has 4 aromatic rings. The molecule has 3 heterocycles. The highest BCUT2D eigenvalue weighted by atomic mass is 79.9. The molecule has 2 aromatic carbocycles. The van der Waals surface area contributed by atoms with Crippen molar-refractivity contribution in [3.05, 3.63) is 40.4 Å². The van der Waals surface area contributed by atoms with Crippen LogP contribution in [0.4, 0.5) is 5.69 Å². The van der Waals surface area contributed by atoms with Gasteiger partial charge in [0.1, 0.15) is 19.2 Å². The standard InChI is InChI=1S/C32H46BrN5O3Si2/c1-10-36-27-19-28-25(18-24(27)32(2,3)31(36)39)34-30(37(28)20-40-13-15-42(4,5)6)29-23-17-22(33)11-12-26(23)38(35-29)21-41-14-16-43(7,8)9/h11-12,17-19H,10,13-16,20-21H2,1-9H3. The summed E-state index contributed by atoms with van der Waals surface area (Å²) >= 11 is 3.68. The number of hydrogen-bond acceptors (Lipinski definition) is 5. The number of nitrogens with zero attached hydrogens (tertiary/aromatic N) is 5. The van der Waals surface area contributed by atoms with E-state index in [1.54, 1.807) is 0 Å². The highest BCUT2D eigenvalue weighted by Crippen LogP contribution is 2.44. The van der Waals surface area contributed by atoms with E-state index in [0.29, 0.717) is 26.6 Å². The summed E-state index contributed by atoms with van der Waals surface area (Å²) in [5, 5.41) is 6.09. The van der Waals surface area contributed by atoms with Gasteiger partial charge in [0, 0.05) is 45.8 Å². The first kappa shape index (κ1) is 32.1. The van der Waals surface area contributed by atoms with Crippen LogP contribution < -0.4 is 4.90 Å². The summed E-state index contributed by atoms with van der Waals surface area (Å²) in [6.07, 6.45) is 0. The molecule has 232 valence electrons. The second kappa shape index (κ2) is 11.9. The largest absolute Gasteiger partial charge is 0.361 e. The van der Waals surface area contributed by atoms with Crippen molar-refractivity contribution < 1.29 is 14.3 Å². The second-order valence-corrected chi connectivity index (χ2v) is 26.8. The van der Waals surface area contributed by atoms with E-state index in [-0.39, 0.29) is 5.91 Å². The molecule has 8 nitrogen and oxygen atoms in total. The smallest absolute Gasteiger partial charge is 0.237 e. The highest BCUT2D eigenvalue weighted by molar-refractivity contribution is 9.10. The summed E-state index contributed by atoms with van der Waals surface area (Å²) in [7, 11) is -2.45. The quantitative estimate of drug-likeness (QED) is 0.111. The van der Waals surface area contributed by atoms with Crippen molar-refractivity contribution in [2.24, 2.45) is 0 Å². The van der Waals surface area contributed by atoms with Gasteiger partial charge in [-0.25, -0.2) is 9.67 Å². The number of halogens is 1. The first-order valence-electron chi connectivity index (χ1n) is 15.3. The summed E-state index contributed by atoms with van der Waals surface area (Å²) in [6, 6.07) is 12.6. The van der Waals surface area contributed by atoms with Crippen LogP contribution in [0.3, 0.4) is 0 Å². The molecule has 0 atom stereocenters. The molecular weight excluding hydrogens is 638 g/mol. The van der Waals surface area contributed by atoms with E-state index in [4.69, 9.17) is 19.6 Å². The highest BCUT2D eigenvalue weighted by Gasteiger charge is 2.44. The van der Waals surface area contributed by atoms with Gasteiger partial charge in [-0.05, 0) is 68.8 Å². The zero-order valence-electron chi connectivity index (χ0n) is 27.2. The molecule has 0 bridgehead atoms. The summed E-state index contributed by atoms with van der Waals surface area (Å²) in [5.74, 6) is 0.877. The van der Waals surface area contributed by atoms with E-state index >= 15 is 0 Å². The Morgan fingerprint density at radius 3 is 2.19 bits per heavy atom. The Labute approximate surface area is 265 Å². The van der Waals surface area contributed by atoms with Gasteiger partial charge < -0.3 is 14.4 Å². The van der Waals surface area contributed by atoms with Gasteiger partial charge in [-0.1, -0.05) is 55.2 Å². The number of amides is 1. The average Bonchev–Trinajstić information content (AvgIpc) is 3.50. The molecule has 5 rings (SSSR count). The van der Waals surface area contributed by atoms with Gasteiger partial charge in [-0.3, -0.25) is 9.36 Å². The van der Waals surface area contributed by atoms with E-state index < -0.39 is 21.6 Å². The Morgan fingerprint density at radius 1 is 0.907 bits per heavy atom. The fourth-order valence-electron chi connectivity index (χ4n) is 5.55. The minimum absolute atomic E-state index is 0.125. The summed E-state index contributed by atoms with van der Waals surface area (Å²) in [5.41, 5.74) is 4.92. The molecular formula is C32H46BrN5O3Si2. The lowest BCUT2D eigenvalue weighted by Gasteiger charge is -2.18. The third-order valence-corrected chi connectivity index (χ3v) is 12.2. The molecule has 0 spiro atoms. The van der Waals surface area contributed by atoms with Crippen LogP contribution in [0.2, 0.25) is 51.4 Å². The van der Waals surface area contributed by atoms with Crippen LogP contribution in [0.25, 0.3) is 33.5 Å². The van der Waals surface area contributed by atoms with Crippen LogP contribution in [-0.4, -0.2) is 61.1 Å². The number of anilines is 1. The van der Waals surface area contributed by atoms with Gasteiger partial charge >= 0.3 is 0 Å². The predicted octanol–water partition coefficient (Wildman–Crippen LogP) is 8.08. The van der Waals surface area contributed by atoms with Crippen LogP contribution in [-0.2, 0) is 33.1 Å². The molecule has 0 unspecified atom stereocenters. The fraction of sp³-hybridized carbons (Fsp3) is 0.531. The molecule has 0 radical (unpaired) electrons. The molecule has 0 aliphatic carbocycles. The maximum absolute atomic E-state index is 13.3. The first-order chi connectivity index (χ1) is 20.1. The van der Waals surface area contributed by atoms with Crippen molar-refractivity contribution in [1.82, 2.24) is 19.3 Å². The number of aromatic nitrogens is 4. The third-order valence-electron chi connectivity index (χ3n) is 8.28. The maximum Gasteiger partial charge on any atom is 0.237 e. The number of carbonyl (C=O) groups excluding carboxylic acids is 1. The van der Waals surface area contributed by atoms with E-state index in [0.717, 1.165) is 67.9 Å². The molecule has 1 aliphatic rings. The van der Waals surface area contributed by atoms with E-state index in [1.807, 2.05) is 36.4 Å². The normalized spacial score (nSPS) is 15.3. The SMILES string of the molecule is CCN1C(=O)C(C)(C)c2cc3nc(-c4nn(COCC[Si](C)(C)C)c5ccc(Br)cc45)n(COCC[Si](C)(C)C)c3cc21. The van der Waals surface area contributed by atoms with Crippen LogP contribution in [0, 0.1) is 0 Å². The molecule has 0 saturated heterocycles. The zero-order valence-corrected chi connectivity index (χ0v) is 30.8. The first-order valence-corrected chi connectivity index (χ1v) is 23.5. The van der Waals surface area contributed by atoms with E-state index in [9.17, 15) is 4.79 Å². The van der Waals surface area contributed by atoms with Gasteiger partial charge in [0.15, 0.2) is 5.82 Å². The van der Waals surface area contributed by atoms with Crippen LogP contribution in [0.1, 0.15) is 26.3 Å². The lowest BCUT2D eigenvalue weighted by Crippen LogP contribution is -2.35. The van der Waals surface area contributed by atoms with Crippen LogP contribution in [0.5, 0.6) is 0 Å². The summed E-state index contributed by atoms with van der Waals surface area (Å²) in [6.45, 7) is 23.0. The Hall–Kier alpha value is -2.32. The molecule has 0 N–H and O–H groups in total. The van der Waals surface area contributed by atoms with Crippen molar-refractivity contribution >= 4 is 65.6 Å². The van der Waals surface area contributed by atoms with Gasteiger partial charge in [-0.2, -0.15) is 5.10 Å². The number of ether oxygens (including phenoxy) is 2. The number of likely N-dealkylation sites (N-methyl/N-ethyl adjacent to an activating group) is 1. The summed E-state index contributed by atoms with van der Waals surface area (Å²) in [4.78, 5) is 20.4. The Kier molecular flexibility index (Phi) is 8.87.